The van der Waals surface area contributed by atoms with Crippen molar-refractivity contribution in [1.82, 2.24) is 9.97 Å². The molecule has 3 aliphatic carbocycles. The second kappa shape index (κ2) is 3.44. The maximum Gasteiger partial charge on any atom is 0.132 e. The Balaban J connectivity index is 1.50. The van der Waals surface area contributed by atoms with Gasteiger partial charge >= 0.3 is 0 Å². The van der Waals surface area contributed by atoms with Gasteiger partial charge in [0.15, 0.2) is 0 Å². The van der Waals surface area contributed by atoms with E-state index in [2.05, 4.69) is 15.3 Å². The maximum atomic E-state index is 4.44. The standard InChI is InChI=1S/C14H19N3/c1-2-11-12(3-1)16-9-17-13(11)15-8-14(6-7-14)10-4-5-10/h9-10H,1-8H2,(H,15,16,17). The highest BCUT2D eigenvalue weighted by molar-refractivity contribution is 5.48. The molecule has 2 fully saturated rings. The summed E-state index contributed by atoms with van der Waals surface area (Å²) in [6.45, 7) is 1.14. The Labute approximate surface area is 102 Å². The smallest absolute Gasteiger partial charge is 0.132 e. The molecule has 3 nitrogen and oxygen atoms in total. The number of aryl methyl sites for hydroxylation is 1. The van der Waals surface area contributed by atoms with Gasteiger partial charge in [0.25, 0.3) is 0 Å². The summed E-state index contributed by atoms with van der Waals surface area (Å²) in [5, 5.41) is 3.62. The predicted octanol–water partition coefficient (Wildman–Crippen LogP) is 2.57. The van der Waals surface area contributed by atoms with E-state index in [1.165, 1.54) is 43.4 Å². The van der Waals surface area contributed by atoms with Crippen LogP contribution in [-0.4, -0.2) is 16.5 Å². The summed E-state index contributed by atoms with van der Waals surface area (Å²) in [6.07, 6.45) is 11.1. The molecule has 0 unspecified atom stereocenters. The van der Waals surface area contributed by atoms with Crippen LogP contribution in [0.15, 0.2) is 6.33 Å². The minimum Gasteiger partial charge on any atom is -0.369 e. The highest BCUT2D eigenvalue weighted by Gasteiger charge is 2.53. The summed E-state index contributed by atoms with van der Waals surface area (Å²) in [7, 11) is 0. The van der Waals surface area contributed by atoms with E-state index in [1.807, 2.05) is 0 Å². The zero-order valence-electron chi connectivity index (χ0n) is 10.2. The van der Waals surface area contributed by atoms with Crippen LogP contribution in [0.25, 0.3) is 0 Å². The summed E-state index contributed by atoms with van der Waals surface area (Å²) in [6, 6.07) is 0. The molecule has 3 aliphatic rings. The lowest BCUT2D eigenvalue weighted by molar-refractivity contribution is 0.466. The van der Waals surface area contributed by atoms with Crippen molar-refractivity contribution in [3.05, 3.63) is 17.6 Å². The summed E-state index contributed by atoms with van der Waals surface area (Å²) < 4.78 is 0. The van der Waals surface area contributed by atoms with Crippen LogP contribution in [0.3, 0.4) is 0 Å². The van der Waals surface area contributed by atoms with Gasteiger partial charge in [0.05, 0.1) is 0 Å². The van der Waals surface area contributed by atoms with Gasteiger partial charge in [-0.1, -0.05) is 0 Å². The first kappa shape index (κ1) is 9.86. The van der Waals surface area contributed by atoms with E-state index in [-0.39, 0.29) is 0 Å². The monoisotopic (exact) mass is 229 g/mol. The van der Waals surface area contributed by atoms with Crippen LogP contribution in [0.5, 0.6) is 0 Å². The Morgan fingerprint density at radius 2 is 2.12 bits per heavy atom. The van der Waals surface area contributed by atoms with E-state index >= 15 is 0 Å². The van der Waals surface area contributed by atoms with Gasteiger partial charge in [0.2, 0.25) is 0 Å². The zero-order valence-corrected chi connectivity index (χ0v) is 10.2. The molecule has 1 aromatic heterocycles. The largest absolute Gasteiger partial charge is 0.369 e. The third-order valence-electron chi connectivity index (χ3n) is 4.82. The number of hydrogen-bond donors (Lipinski definition) is 1. The van der Waals surface area contributed by atoms with Gasteiger partial charge in [-0.25, -0.2) is 9.97 Å². The molecule has 0 bridgehead atoms. The van der Waals surface area contributed by atoms with Crippen LogP contribution >= 0.6 is 0 Å². The second-order valence-electron chi connectivity index (χ2n) is 5.99. The van der Waals surface area contributed by atoms with Gasteiger partial charge in [0.1, 0.15) is 12.1 Å². The maximum absolute atomic E-state index is 4.44. The number of nitrogens with one attached hydrogen (secondary N) is 1. The molecule has 17 heavy (non-hydrogen) atoms. The van der Waals surface area contributed by atoms with Crippen molar-refractivity contribution >= 4 is 5.82 Å². The van der Waals surface area contributed by atoms with Crippen LogP contribution < -0.4 is 5.32 Å². The van der Waals surface area contributed by atoms with Crippen LogP contribution in [0, 0.1) is 11.3 Å². The molecule has 3 heteroatoms. The lowest BCUT2D eigenvalue weighted by atomic mass is 10.0. The number of aromatic nitrogens is 2. The fourth-order valence-corrected chi connectivity index (χ4v) is 3.36. The number of rotatable bonds is 4. The average molecular weight is 229 g/mol. The molecule has 0 radical (unpaired) electrons. The summed E-state index contributed by atoms with van der Waals surface area (Å²) >= 11 is 0. The molecule has 1 heterocycles. The van der Waals surface area contributed by atoms with E-state index in [4.69, 9.17) is 0 Å². The Hall–Kier alpha value is -1.12. The summed E-state index contributed by atoms with van der Waals surface area (Å²) in [5.74, 6) is 2.14. The highest BCUT2D eigenvalue weighted by atomic mass is 15.0. The summed E-state index contributed by atoms with van der Waals surface area (Å²) in [4.78, 5) is 8.82. The second-order valence-corrected chi connectivity index (χ2v) is 5.99. The van der Waals surface area contributed by atoms with E-state index in [1.54, 1.807) is 6.33 Å². The van der Waals surface area contributed by atoms with Crippen molar-refractivity contribution in [2.24, 2.45) is 11.3 Å². The topological polar surface area (TPSA) is 37.8 Å². The molecule has 1 N–H and O–H groups in total. The normalized spacial score (nSPS) is 24.5. The number of anilines is 1. The molecule has 0 aliphatic heterocycles. The lowest BCUT2D eigenvalue weighted by Gasteiger charge is -2.16. The van der Waals surface area contributed by atoms with Crippen LogP contribution in [0.2, 0.25) is 0 Å². The van der Waals surface area contributed by atoms with Gasteiger partial charge in [-0.3, -0.25) is 0 Å². The lowest BCUT2D eigenvalue weighted by Crippen LogP contribution is -2.19. The molecule has 1 aromatic rings. The minimum absolute atomic E-state index is 0.649. The van der Waals surface area contributed by atoms with E-state index < -0.39 is 0 Å². The average Bonchev–Trinajstić information content (AvgIpc) is 3.24. The van der Waals surface area contributed by atoms with Crippen molar-refractivity contribution in [3.63, 3.8) is 0 Å². The molecule has 0 atom stereocenters. The number of fused-ring (bicyclic) bond motifs is 1. The molecule has 0 aromatic carbocycles. The molecule has 0 spiro atoms. The van der Waals surface area contributed by atoms with Crippen LogP contribution in [0.1, 0.15) is 43.4 Å². The van der Waals surface area contributed by atoms with Crippen molar-refractivity contribution < 1.29 is 0 Å². The molecule has 0 amide bonds. The number of hydrogen-bond acceptors (Lipinski definition) is 3. The molecular weight excluding hydrogens is 210 g/mol. The van der Waals surface area contributed by atoms with Crippen molar-refractivity contribution in [1.29, 1.82) is 0 Å². The molecule has 4 rings (SSSR count). The Morgan fingerprint density at radius 1 is 1.24 bits per heavy atom. The highest BCUT2D eigenvalue weighted by Crippen LogP contribution is 2.61. The van der Waals surface area contributed by atoms with Crippen LogP contribution in [0.4, 0.5) is 5.82 Å². The fraction of sp³-hybridized carbons (Fsp3) is 0.714. The Morgan fingerprint density at radius 3 is 2.88 bits per heavy atom. The number of nitrogens with zero attached hydrogens (tertiary/aromatic N) is 2. The first-order valence-electron chi connectivity index (χ1n) is 6.94. The third-order valence-corrected chi connectivity index (χ3v) is 4.82. The van der Waals surface area contributed by atoms with Crippen molar-refractivity contribution in [3.8, 4) is 0 Å². The molecule has 2 saturated carbocycles. The van der Waals surface area contributed by atoms with Crippen LogP contribution in [-0.2, 0) is 12.8 Å². The Bertz CT molecular complexity index is 447. The van der Waals surface area contributed by atoms with E-state index in [0.717, 1.165) is 31.1 Å². The fourth-order valence-electron chi connectivity index (χ4n) is 3.36. The quantitative estimate of drug-likeness (QED) is 0.862. The van der Waals surface area contributed by atoms with Crippen molar-refractivity contribution in [2.45, 2.75) is 44.9 Å². The van der Waals surface area contributed by atoms with Crippen molar-refractivity contribution in [2.75, 3.05) is 11.9 Å². The van der Waals surface area contributed by atoms with Gasteiger partial charge in [-0.05, 0) is 56.3 Å². The first-order chi connectivity index (χ1) is 8.37. The first-order valence-corrected chi connectivity index (χ1v) is 6.94. The van der Waals surface area contributed by atoms with E-state index in [0.29, 0.717) is 5.41 Å². The minimum atomic E-state index is 0.649. The van der Waals surface area contributed by atoms with Gasteiger partial charge in [-0.15, -0.1) is 0 Å². The van der Waals surface area contributed by atoms with Gasteiger partial charge in [0, 0.05) is 17.8 Å². The summed E-state index contributed by atoms with van der Waals surface area (Å²) in [5.41, 5.74) is 3.31. The third kappa shape index (κ3) is 1.63. The van der Waals surface area contributed by atoms with E-state index in [9.17, 15) is 0 Å². The predicted molar refractivity (Wildman–Crippen MR) is 66.9 cm³/mol. The van der Waals surface area contributed by atoms with Gasteiger partial charge in [-0.2, -0.15) is 0 Å². The molecule has 90 valence electrons. The van der Waals surface area contributed by atoms with Gasteiger partial charge < -0.3 is 5.32 Å². The zero-order chi connectivity index (χ0) is 11.3. The Kier molecular flexibility index (Phi) is 1.99. The molecular formula is C14H19N3. The molecule has 0 saturated heterocycles. The SMILES string of the molecule is c1nc2c(c(NCC3(C4CC4)CC3)n1)CCC2.